The van der Waals surface area contributed by atoms with Gasteiger partial charge in [-0.25, -0.2) is 9.97 Å². The molecule has 0 radical (unpaired) electrons. The van der Waals surface area contributed by atoms with Gasteiger partial charge >= 0.3 is 0 Å². The lowest BCUT2D eigenvalue weighted by molar-refractivity contribution is -0.122. The predicted octanol–water partition coefficient (Wildman–Crippen LogP) is 3.75. The zero-order valence-electron chi connectivity index (χ0n) is 18.2. The van der Waals surface area contributed by atoms with E-state index in [2.05, 4.69) is 16.6 Å². The summed E-state index contributed by atoms with van der Waals surface area (Å²) in [5.74, 6) is 3.66. The number of hydrogen-bond acceptors (Lipinski definition) is 7. The zero-order valence-corrected chi connectivity index (χ0v) is 18.2. The van der Waals surface area contributed by atoms with Crippen LogP contribution in [-0.2, 0) is 4.79 Å². The third-order valence-corrected chi connectivity index (χ3v) is 4.96. The maximum atomic E-state index is 11.8. The van der Waals surface area contributed by atoms with E-state index >= 15 is 0 Å². The topological polar surface area (TPSA) is 126 Å². The van der Waals surface area contributed by atoms with Crippen molar-refractivity contribution in [3.8, 4) is 29.5 Å². The fraction of sp³-hybridized carbons (Fsp3) is 0.0769. The normalized spacial score (nSPS) is 10.3. The molecule has 0 atom stereocenters. The number of para-hydroxylation sites is 1. The number of amides is 1. The first-order chi connectivity index (χ1) is 16.6. The maximum absolute atomic E-state index is 11.8. The van der Waals surface area contributed by atoms with Crippen molar-refractivity contribution in [1.82, 2.24) is 15.3 Å². The number of carbonyl (C=O) groups excluding carboxylic acids is 1. The molecular weight excluding hydrogens is 428 g/mol. The third-order valence-electron chi connectivity index (χ3n) is 4.96. The quantitative estimate of drug-likeness (QED) is 0.184. The summed E-state index contributed by atoms with van der Waals surface area (Å²) in [5, 5.41) is 14.3. The first-order valence-corrected chi connectivity index (χ1v) is 10.4. The molecule has 34 heavy (non-hydrogen) atoms. The van der Waals surface area contributed by atoms with E-state index in [0.29, 0.717) is 28.6 Å². The van der Waals surface area contributed by atoms with Crippen LogP contribution in [0.4, 0.5) is 17.2 Å². The first-order valence-electron chi connectivity index (χ1n) is 10.4. The molecule has 0 aliphatic rings. The largest absolute Gasteiger partial charge is 0.484 e. The van der Waals surface area contributed by atoms with Crippen LogP contribution in [0.1, 0.15) is 5.56 Å². The minimum Gasteiger partial charge on any atom is -0.484 e. The van der Waals surface area contributed by atoms with Crippen LogP contribution in [0, 0.1) is 17.8 Å². The summed E-state index contributed by atoms with van der Waals surface area (Å²) in [6.45, 7) is 0.00126. The molecule has 4 aromatic rings. The molecule has 4 rings (SSSR count). The van der Waals surface area contributed by atoms with Crippen molar-refractivity contribution in [2.75, 3.05) is 24.2 Å². The molecule has 0 unspecified atom stereocenters. The van der Waals surface area contributed by atoms with Crippen molar-refractivity contribution in [3.63, 3.8) is 0 Å². The minimum absolute atomic E-state index is 0.150. The summed E-state index contributed by atoms with van der Waals surface area (Å²) in [6, 6.07) is 20.3. The molecule has 8 heteroatoms. The lowest BCUT2D eigenvalue weighted by Crippen LogP contribution is -2.29. The van der Waals surface area contributed by atoms with Crippen molar-refractivity contribution in [3.05, 3.63) is 72.3 Å². The van der Waals surface area contributed by atoms with Crippen molar-refractivity contribution < 1.29 is 9.53 Å². The van der Waals surface area contributed by atoms with Crippen LogP contribution < -0.4 is 21.1 Å². The number of rotatable bonds is 8. The van der Waals surface area contributed by atoms with Gasteiger partial charge < -0.3 is 26.5 Å². The number of nitrogens with two attached hydrogens (primary N) is 1. The van der Waals surface area contributed by atoms with E-state index in [0.717, 1.165) is 22.2 Å². The van der Waals surface area contributed by atoms with E-state index in [4.69, 9.17) is 32.3 Å². The Balaban J connectivity index is 1.66. The number of aromatic nitrogens is 2. The summed E-state index contributed by atoms with van der Waals surface area (Å²) in [7, 11) is 0. The number of nitrogen functional groups attached to an aromatic ring is 1. The van der Waals surface area contributed by atoms with Gasteiger partial charge in [0.1, 0.15) is 11.6 Å². The Morgan fingerprint density at radius 3 is 2.79 bits per heavy atom. The molecule has 1 amide bonds. The van der Waals surface area contributed by atoms with E-state index in [1.807, 2.05) is 42.5 Å². The number of nitrogens with zero attached hydrogens (tertiary/aromatic N) is 2. The highest BCUT2D eigenvalue weighted by molar-refractivity contribution is 5.93. The van der Waals surface area contributed by atoms with Crippen LogP contribution in [0.5, 0.6) is 5.75 Å². The molecule has 0 aliphatic heterocycles. The number of anilines is 3. The van der Waals surface area contributed by atoms with Gasteiger partial charge in [0.25, 0.3) is 5.91 Å². The molecule has 1 aromatic heterocycles. The molecule has 0 spiro atoms. The molecule has 168 valence electrons. The summed E-state index contributed by atoms with van der Waals surface area (Å²) in [5.41, 5.74) is 9.29. The Labute approximate surface area is 196 Å². The number of hydrogen-bond donors (Lipinski definition) is 4. The molecule has 1 heterocycles. The second-order valence-corrected chi connectivity index (χ2v) is 7.32. The lowest BCUT2D eigenvalue weighted by atomic mass is 10.1. The fourth-order valence-corrected chi connectivity index (χ4v) is 3.29. The van der Waals surface area contributed by atoms with Gasteiger partial charge in [0.2, 0.25) is 0 Å². The second kappa shape index (κ2) is 10.1. The molecule has 0 saturated heterocycles. The van der Waals surface area contributed by atoms with E-state index in [1.54, 1.807) is 24.3 Å². The zero-order chi connectivity index (χ0) is 23.9. The van der Waals surface area contributed by atoms with Crippen LogP contribution in [0.15, 0.2) is 66.7 Å². The standard InChI is InChI=1S/C26H22N6O2/c1-2-12-29-24(33)16-34-20-7-5-6-17(14-20)25-31-23-9-4-3-8-21(23)26(32-25)30-19-10-11-22(28)18(13-19)15-27/h1,3-11,13-15,27H,12,16,28H2,(H,29,33)(H,30,31,32). The molecule has 5 N–H and O–H groups in total. The number of carbonyl (C=O) groups is 1. The summed E-state index contributed by atoms with van der Waals surface area (Å²) < 4.78 is 5.59. The van der Waals surface area contributed by atoms with Crippen LogP contribution in [0.2, 0.25) is 0 Å². The summed E-state index contributed by atoms with van der Waals surface area (Å²) in [4.78, 5) is 21.2. The van der Waals surface area contributed by atoms with Crippen LogP contribution in [-0.4, -0.2) is 35.2 Å². The van der Waals surface area contributed by atoms with Gasteiger partial charge in [0.05, 0.1) is 12.1 Å². The van der Waals surface area contributed by atoms with Crippen LogP contribution in [0.25, 0.3) is 22.3 Å². The second-order valence-electron chi connectivity index (χ2n) is 7.32. The maximum Gasteiger partial charge on any atom is 0.258 e. The van der Waals surface area contributed by atoms with E-state index < -0.39 is 0 Å². The van der Waals surface area contributed by atoms with Crippen LogP contribution in [0.3, 0.4) is 0 Å². The van der Waals surface area contributed by atoms with Crippen molar-refractivity contribution >= 4 is 40.2 Å². The molecule has 0 bridgehead atoms. The van der Waals surface area contributed by atoms with Gasteiger partial charge in [-0.05, 0) is 42.5 Å². The highest BCUT2D eigenvalue weighted by Crippen LogP contribution is 2.29. The molecule has 3 aromatic carbocycles. The highest BCUT2D eigenvalue weighted by Gasteiger charge is 2.12. The number of terminal acetylenes is 1. The monoisotopic (exact) mass is 450 g/mol. The molecular formula is C26H22N6O2. The van der Waals surface area contributed by atoms with E-state index in [-0.39, 0.29) is 19.1 Å². The lowest BCUT2D eigenvalue weighted by Gasteiger charge is -2.13. The van der Waals surface area contributed by atoms with Gasteiger partial charge in [0.15, 0.2) is 12.4 Å². The number of benzene rings is 3. The number of nitrogens with one attached hydrogen (secondary N) is 3. The smallest absolute Gasteiger partial charge is 0.258 e. The average Bonchev–Trinajstić information content (AvgIpc) is 2.87. The van der Waals surface area contributed by atoms with Crippen molar-refractivity contribution in [2.24, 2.45) is 0 Å². The van der Waals surface area contributed by atoms with Gasteiger partial charge in [-0.15, -0.1) is 6.42 Å². The Hall–Kier alpha value is -4.90. The van der Waals surface area contributed by atoms with E-state index in [9.17, 15) is 4.79 Å². The number of fused-ring (bicyclic) bond motifs is 1. The summed E-state index contributed by atoms with van der Waals surface area (Å²) >= 11 is 0. The molecule has 8 nitrogen and oxygen atoms in total. The summed E-state index contributed by atoms with van der Waals surface area (Å²) in [6.07, 6.45) is 6.36. The first kappa shape index (κ1) is 22.3. The van der Waals surface area contributed by atoms with Gasteiger partial charge in [-0.2, -0.15) is 0 Å². The average molecular weight is 451 g/mol. The van der Waals surface area contributed by atoms with Crippen molar-refractivity contribution in [2.45, 2.75) is 0 Å². The van der Waals surface area contributed by atoms with Gasteiger partial charge in [0, 0.05) is 34.1 Å². The van der Waals surface area contributed by atoms with Crippen molar-refractivity contribution in [1.29, 1.82) is 5.41 Å². The SMILES string of the molecule is C#CCNC(=O)COc1cccc(-c2nc(Nc3ccc(N)c(C=N)c3)c3ccccc3n2)c1. The highest BCUT2D eigenvalue weighted by atomic mass is 16.5. The molecule has 0 saturated carbocycles. The molecule has 0 aliphatic carbocycles. The predicted molar refractivity (Wildman–Crippen MR) is 134 cm³/mol. The Bertz CT molecular complexity index is 1410. The Kier molecular flexibility index (Phi) is 6.65. The Morgan fingerprint density at radius 1 is 1.12 bits per heavy atom. The minimum atomic E-state index is -0.301. The van der Waals surface area contributed by atoms with E-state index in [1.165, 1.54) is 6.21 Å². The third kappa shape index (κ3) is 5.11. The fourth-order valence-electron chi connectivity index (χ4n) is 3.29. The van der Waals surface area contributed by atoms with Gasteiger partial charge in [-0.3, -0.25) is 4.79 Å². The van der Waals surface area contributed by atoms with Gasteiger partial charge in [-0.1, -0.05) is 30.2 Å². The Morgan fingerprint density at radius 2 is 1.97 bits per heavy atom. The van der Waals surface area contributed by atoms with Crippen LogP contribution >= 0.6 is 0 Å². The number of ether oxygens (including phenoxy) is 1. The molecule has 0 fully saturated rings.